The first-order valence-electron chi connectivity index (χ1n) is 7.34. The molecule has 1 aromatic rings. The maximum Gasteiger partial charge on any atom is 0.358 e. The van der Waals surface area contributed by atoms with Gasteiger partial charge < -0.3 is 34.3 Å². The lowest BCUT2D eigenvalue weighted by atomic mass is 9.99. The molecule has 0 aromatic heterocycles. The van der Waals surface area contributed by atoms with E-state index >= 15 is 0 Å². The zero-order valence-corrected chi connectivity index (χ0v) is 14.4. The maximum atomic E-state index is 10.2. The summed E-state index contributed by atoms with van der Waals surface area (Å²) in [6.45, 7) is 1.53. The van der Waals surface area contributed by atoms with Gasteiger partial charge in [-0.25, -0.2) is 0 Å². The standard InChI is InChI=1S/C15H19ClO7S/c1-2-20-14-13(12(19)11(18)10(7-17)22-14)23-15(24)21-9-5-3-8(16)4-6-9/h3-6,10-14,17-19H,2,7H2,1H3/t10-,11-,12+,13-,14+/m1/s1. The largest absolute Gasteiger partial charge is 0.445 e. The van der Waals surface area contributed by atoms with Gasteiger partial charge in [0.25, 0.3) is 0 Å². The highest BCUT2D eigenvalue weighted by atomic mass is 35.5. The summed E-state index contributed by atoms with van der Waals surface area (Å²) >= 11 is 10.8. The van der Waals surface area contributed by atoms with Crippen LogP contribution < -0.4 is 4.74 Å². The summed E-state index contributed by atoms with van der Waals surface area (Å²) in [4.78, 5) is 0. The van der Waals surface area contributed by atoms with Gasteiger partial charge in [-0.2, -0.15) is 0 Å². The van der Waals surface area contributed by atoms with Crippen molar-refractivity contribution < 1.29 is 34.3 Å². The first-order chi connectivity index (χ1) is 11.5. The summed E-state index contributed by atoms with van der Waals surface area (Å²) in [5.41, 5.74) is 0. The van der Waals surface area contributed by atoms with Gasteiger partial charge in [0.2, 0.25) is 0 Å². The minimum Gasteiger partial charge on any atom is -0.445 e. The maximum absolute atomic E-state index is 10.2. The minimum atomic E-state index is -1.38. The molecule has 1 aromatic carbocycles. The zero-order valence-electron chi connectivity index (χ0n) is 12.9. The van der Waals surface area contributed by atoms with Crippen LogP contribution in [0.1, 0.15) is 6.92 Å². The molecule has 0 spiro atoms. The second-order valence-corrected chi connectivity index (χ2v) is 5.82. The molecule has 3 N–H and O–H groups in total. The Kier molecular flexibility index (Phi) is 7.17. The van der Waals surface area contributed by atoms with E-state index in [9.17, 15) is 15.3 Å². The number of thiocarbonyl (C=S) groups is 1. The average Bonchev–Trinajstić information content (AvgIpc) is 2.56. The molecule has 0 radical (unpaired) electrons. The van der Waals surface area contributed by atoms with Crippen LogP contribution in [-0.2, 0) is 14.2 Å². The number of rotatable bonds is 5. The van der Waals surface area contributed by atoms with Crippen LogP contribution >= 0.6 is 23.8 Å². The molecule has 24 heavy (non-hydrogen) atoms. The number of ether oxygens (including phenoxy) is 4. The Morgan fingerprint density at radius 2 is 1.92 bits per heavy atom. The van der Waals surface area contributed by atoms with Gasteiger partial charge in [0.05, 0.1) is 6.61 Å². The molecule has 0 unspecified atom stereocenters. The topological polar surface area (TPSA) is 97.6 Å². The molecule has 1 aliphatic rings. The van der Waals surface area contributed by atoms with Gasteiger partial charge in [-0.05, 0) is 31.2 Å². The van der Waals surface area contributed by atoms with Crippen molar-refractivity contribution in [1.29, 1.82) is 0 Å². The van der Waals surface area contributed by atoms with E-state index in [1.165, 1.54) is 0 Å². The molecule has 9 heteroatoms. The number of aliphatic hydroxyl groups excluding tert-OH is 3. The molecule has 0 amide bonds. The summed E-state index contributed by atoms with van der Waals surface area (Å²) in [7, 11) is 0. The number of aliphatic hydroxyl groups is 3. The molecule has 1 aliphatic heterocycles. The van der Waals surface area contributed by atoms with Gasteiger partial charge in [0.15, 0.2) is 12.4 Å². The van der Waals surface area contributed by atoms with Gasteiger partial charge in [0.1, 0.15) is 24.1 Å². The summed E-state index contributed by atoms with van der Waals surface area (Å²) in [6.07, 6.45) is -5.84. The third-order valence-electron chi connectivity index (χ3n) is 3.40. The van der Waals surface area contributed by atoms with Crippen molar-refractivity contribution in [3.05, 3.63) is 29.3 Å². The van der Waals surface area contributed by atoms with E-state index in [4.69, 9.17) is 42.8 Å². The van der Waals surface area contributed by atoms with Crippen molar-refractivity contribution in [2.45, 2.75) is 37.6 Å². The van der Waals surface area contributed by atoms with Gasteiger partial charge in [-0.3, -0.25) is 0 Å². The first kappa shape index (κ1) is 19.3. The monoisotopic (exact) mass is 378 g/mol. The third-order valence-corrected chi connectivity index (χ3v) is 3.83. The molecule has 0 aliphatic carbocycles. The lowest BCUT2D eigenvalue weighted by molar-refractivity contribution is -0.297. The van der Waals surface area contributed by atoms with Crippen molar-refractivity contribution in [2.24, 2.45) is 0 Å². The van der Waals surface area contributed by atoms with Crippen LogP contribution in [0.4, 0.5) is 0 Å². The SMILES string of the molecule is CCO[C@H]1O[C@H](CO)[C@@H](O)[C@H](O)[C@H]1OC(=S)Oc1ccc(Cl)cc1. The quantitative estimate of drug-likeness (QED) is 0.649. The summed E-state index contributed by atoms with van der Waals surface area (Å²) in [6, 6.07) is 6.44. The Balaban J connectivity index is 2.03. The van der Waals surface area contributed by atoms with Gasteiger partial charge in [-0.1, -0.05) is 11.6 Å². The summed E-state index contributed by atoms with van der Waals surface area (Å²) in [5.74, 6) is 0.400. The molecular weight excluding hydrogens is 360 g/mol. The predicted molar refractivity (Wildman–Crippen MR) is 88.9 cm³/mol. The zero-order chi connectivity index (χ0) is 17.7. The van der Waals surface area contributed by atoms with E-state index in [0.29, 0.717) is 10.8 Å². The third kappa shape index (κ3) is 4.76. The fourth-order valence-electron chi connectivity index (χ4n) is 2.21. The Morgan fingerprint density at radius 1 is 1.25 bits per heavy atom. The Morgan fingerprint density at radius 3 is 2.50 bits per heavy atom. The van der Waals surface area contributed by atoms with Gasteiger partial charge in [-0.15, -0.1) is 0 Å². The van der Waals surface area contributed by atoms with Crippen LogP contribution in [0.5, 0.6) is 5.75 Å². The molecule has 2 rings (SSSR count). The van der Waals surface area contributed by atoms with E-state index in [2.05, 4.69) is 0 Å². The fraction of sp³-hybridized carbons (Fsp3) is 0.533. The van der Waals surface area contributed by atoms with E-state index in [0.717, 1.165) is 0 Å². The molecule has 7 nitrogen and oxygen atoms in total. The van der Waals surface area contributed by atoms with Crippen LogP contribution in [0.15, 0.2) is 24.3 Å². The van der Waals surface area contributed by atoms with Crippen molar-refractivity contribution in [3.8, 4) is 5.75 Å². The highest BCUT2D eigenvalue weighted by molar-refractivity contribution is 7.79. The highest BCUT2D eigenvalue weighted by Crippen LogP contribution is 2.25. The van der Waals surface area contributed by atoms with Crippen LogP contribution in [0.3, 0.4) is 0 Å². The molecular formula is C15H19ClO7S. The number of hydrogen-bond donors (Lipinski definition) is 3. The molecule has 0 saturated carbocycles. The number of hydrogen-bond acceptors (Lipinski definition) is 8. The molecule has 5 atom stereocenters. The first-order valence-corrected chi connectivity index (χ1v) is 8.13. The molecule has 134 valence electrons. The Labute approximate surface area is 149 Å². The van der Waals surface area contributed by atoms with Crippen molar-refractivity contribution >= 4 is 29.1 Å². The molecule has 0 bridgehead atoms. The van der Waals surface area contributed by atoms with Crippen LogP contribution in [0.25, 0.3) is 0 Å². The van der Waals surface area contributed by atoms with Gasteiger partial charge >= 0.3 is 5.24 Å². The van der Waals surface area contributed by atoms with Crippen LogP contribution in [0, 0.1) is 0 Å². The van der Waals surface area contributed by atoms with Crippen molar-refractivity contribution in [3.63, 3.8) is 0 Å². The van der Waals surface area contributed by atoms with Crippen LogP contribution in [0.2, 0.25) is 5.02 Å². The highest BCUT2D eigenvalue weighted by Gasteiger charge is 2.46. The van der Waals surface area contributed by atoms with Gasteiger partial charge in [0, 0.05) is 23.8 Å². The Hall–Kier alpha value is -1.00. The van der Waals surface area contributed by atoms with E-state index < -0.39 is 37.3 Å². The smallest absolute Gasteiger partial charge is 0.358 e. The molecule has 1 saturated heterocycles. The Bertz CT molecular complexity index is 541. The average molecular weight is 379 g/mol. The second-order valence-electron chi connectivity index (χ2n) is 5.05. The number of halogens is 1. The van der Waals surface area contributed by atoms with Crippen molar-refractivity contribution in [2.75, 3.05) is 13.2 Å². The second kappa shape index (κ2) is 8.91. The molecule has 1 heterocycles. The van der Waals surface area contributed by atoms with E-state index in [-0.39, 0.29) is 11.8 Å². The lowest BCUT2D eigenvalue weighted by Gasteiger charge is -2.41. The summed E-state index contributed by atoms with van der Waals surface area (Å²) < 4.78 is 21.5. The fourth-order valence-corrected chi connectivity index (χ4v) is 2.55. The van der Waals surface area contributed by atoms with Crippen molar-refractivity contribution in [1.82, 2.24) is 0 Å². The number of benzene rings is 1. The summed E-state index contributed by atoms with van der Waals surface area (Å²) in [5, 5.41) is 29.6. The minimum absolute atomic E-state index is 0.274. The normalized spacial score (nSPS) is 30.0. The van der Waals surface area contributed by atoms with E-state index in [1.54, 1.807) is 31.2 Å². The molecule has 1 fully saturated rings. The predicted octanol–water partition coefficient (Wildman–Crippen LogP) is 0.864. The van der Waals surface area contributed by atoms with Crippen LogP contribution in [-0.4, -0.2) is 64.5 Å². The lowest BCUT2D eigenvalue weighted by Crippen LogP contribution is -2.60. The van der Waals surface area contributed by atoms with E-state index in [1.807, 2.05) is 0 Å².